The van der Waals surface area contributed by atoms with E-state index in [2.05, 4.69) is 10.1 Å². The van der Waals surface area contributed by atoms with Crippen LogP contribution in [-0.4, -0.2) is 17.6 Å². The summed E-state index contributed by atoms with van der Waals surface area (Å²) in [7, 11) is 0. The molecule has 0 bridgehead atoms. The van der Waals surface area contributed by atoms with Crippen molar-refractivity contribution in [3.63, 3.8) is 0 Å². The van der Waals surface area contributed by atoms with Crippen LogP contribution >= 0.6 is 0 Å². The second kappa shape index (κ2) is 10.00. The van der Waals surface area contributed by atoms with Gasteiger partial charge in [0.25, 0.3) is 0 Å². The molecule has 0 saturated heterocycles. The monoisotopic (exact) mass is 492 g/mol. The molecule has 182 valence electrons. The maximum atomic E-state index is 12.8. The average molecular weight is 492 g/mol. The first-order chi connectivity index (χ1) is 16.3. The van der Waals surface area contributed by atoms with Crippen molar-refractivity contribution in [2.75, 3.05) is 0 Å². The summed E-state index contributed by atoms with van der Waals surface area (Å²) in [5.41, 5.74) is 5.80. The number of rotatable bonds is 4. The number of alkyl halides is 6. The van der Waals surface area contributed by atoms with Gasteiger partial charge in [0.15, 0.2) is 0 Å². The lowest BCUT2D eigenvalue weighted by atomic mass is 10.1. The van der Waals surface area contributed by atoms with Crippen LogP contribution in [0.25, 0.3) is 0 Å². The second-order valence-corrected chi connectivity index (χ2v) is 7.35. The number of hydrogen-bond acceptors (Lipinski definition) is 3. The molecule has 11 heteroatoms. The molecule has 0 aliphatic carbocycles. The van der Waals surface area contributed by atoms with E-state index >= 15 is 0 Å². The lowest BCUT2D eigenvalue weighted by molar-refractivity contribution is -0.138. The fourth-order valence-corrected chi connectivity index (χ4v) is 2.80. The van der Waals surface area contributed by atoms with E-state index in [0.717, 1.165) is 54.1 Å². The molecule has 3 aromatic rings. The number of halogens is 6. The number of nitrogens with zero attached hydrogens (tertiary/aromatic N) is 2. The van der Waals surface area contributed by atoms with Crippen LogP contribution in [0.3, 0.4) is 0 Å². The number of aryl methyl sites for hydroxylation is 1. The molecule has 0 amide bonds. The summed E-state index contributed by atoms with van der Waals surface area (Å²) < 4.78 is 76.7. The number of benzene rings is 3. The minimum Gasteiger partial charge on any atom is -0.383 e. The molecule has 35 heavy (non-hydrogen) atoms. The van der Waals surface area contributed by atoms with Crippen molar-refractivity contribution in [2.24, 2.45) is 15.9 Å². The van der Waals surface area contributed by atoms with Crippen LogP contribution in [0.5, 0.6) is 0 Å². The SMILES string of the molecule is Cc1ccc(/C(N=C(N)c2ccc(C(F)(F)F)cc2)=N\OC(=N)c2ccc(C(F)(F)F)cc2)cc1. The zero-order chi connectivity index (χ0) is 25.8. The highest BCUT2D eigenvalue weighted by atomic mass is 19.4. The second-order valence-electron chi connectivity index (χ2n) is 7.35. The molecule has 3 N–H and O–H groups in total. The van der Waals surface area contributed by atoms with Gasteiger partial charge >= 0.3 is 12.4 Å². The van der Waals surface area contributed by atoms with E-state index in [9.17, 15) is 26.3 Å². The van der Waals surface area contributed by atoms with Crippen molar-refractivity contribution in [1.82, 2.24) is 0 Å². The van der Waals surface area contributed by atoms with Crippen LogP contribution in [0.4, 0.5) is 26.3 Å². The number of hydrogen-bond donors (Lipinski definition) is 2. The van der Waals surface area contributed by atoms with Crippen LogP contribution in [-0.2, 0) is 17.2 Å². The van der Waals surface area contributed by atoms with E-state index in [1.165, 1.54) is 0 Å². The van der Waals surface area contributed by atoms with E-state index in [1.54, 1.807) is 24.3 Å². The molecular formula is C24H18F6N4O. The fourth-order valence-electron chi connectivity index (χ4n) is 2.80. The molecule has 0 fully saturated rings. The van der Waals surface area contributed by atoms with Crippen LogP contribution in [0.15, 0.2) is 82.9 Å². The number of nitrogens with two attached hydrogens (primary N) is 1. The number of aliphatic imine (C=N–C) groups is 1. The van der Waals surface area contributed by atoms with Gasteiger partial charge in [-0.25, -0.2) is 4.99 Å². The van der Waals surface area contributed by atoms with Gasteiger partial charge in [-0.15, -0.1) is 0 Å². The average Bonchev–Trinajstić information content (AvgIpc) is 2.81. The van der Waals surface area contributed by atoms with Crippen LogP contribution in [0, 0.1) is 12.3 Å². The zero-order valence-electron chi connectivity index (χ0n) is 18.1. The number of oxime groups is 1. The summed E-state index contributed by atoms with van der Waals surface area (Å²) in [6.45, 7) is 1.84. The van der Waals surface area contributed by atoms with Crippen LogP contribution in [0.2, 0.25) is 0 Å². The van der Waals surface area contributed by atoms with Gasteiger partial charge in [-0.2, -0.15) is 26.3 Å². The molecule has 0 aromatic heterocycles. The van der Waals surface area contributed by atoms with Gasteiger partial charge in [0, 0.05) is 16.7 Å². The summed E-state index contributed by atoms with van der Waals surface area (Å²) in [5.74, 6) is -0.812. The summed E-state index contributed by atoms with van der Waals surface area (Å²) in [6.07, 6.45) is -9.03. The third-order valence-corrected chi connectivity index (χ3v) is 4.74. The van der Waals surface area contributed by atoms with E-state index in [0.29, 0.717) is 5.56 Å². The summed E-state index contributed by atoms with van der Waals surface area (Å²) in [6, 6.07) is 14.5. The largest absolute Gasteiger partial charge is 0.416 e. The highest BCUT2D eigenvalue weighted by Crippen LogP contribution is 2.30. The first kappa shape index (κ1) is 25.5. The Bertz CT molecular complexity index is 1240. The molecular weight excluding hydrogens is 474 g/mol. The molecule has 0 aliphatic rings. The minimum atomic E-state index is -4.52. The van der Waals surface area contributed by atoms with E-state index in [4.69, 9.17) is 16.0 Å². The van der Waals surface area contributed by atoms with E-state index < -0.39 is 29.4 Å². The highest BCUT2D eigenvalue weighted by molar-refractivity contribution is 6.11. The van der Waals surface area contributed by atoms with Gasteiger partial charge in [-0.05, 0) is 43.3 Å². The summed E-state index contributed by atoms with van der Waals surface area (Å²) in [4.78, 5) is 9.22. The minimum absolute atomic E-state index is 0.0321. The lowest BCUT2D eigenvalue weighted by Gasteiger charge is -2.09. The topological polar surface area (TPSA) is 83.8 Å². The fraction of sp³-hybridized carbons (Fsp3) is 0.125. The van der Waals surface area contributed by atoms with Crippen molar-refractivity contribution in [3.05, 3.63) is 106 Å². The summed E-state index contributed by atoms with van der Waals surface area (Å²) in [5, 5.41) is 11.8. The predicted molar refractivity (Wildman–Crippen MR) is 119 cm³/mol. The van der Waals surface area contributed by atoms with Crippen molar-refractivity contribution in [3.8, 4) is 0 Å². The van der Waals surface area contributed by atoms with Gasteiger partial charge in [-0.1, -0.05) is 47.1 Å². The van der Waals surface area contributed by atoms with Crippen molar-refractivity contribution >= 4 is 17.6 Å². The Morgan fingerprint density at radius 3 is 1.60 bits per heavy atom. The van der Waals surface area contributed by atoms with Gasteiger partial charge in [0.05, 0.1) is 11.1 Å². The molecule has 5 nitrogen and oxygen atoms in total. The Hall–Kier alpha value is -4.15. The van der Waals surface area contributed by atoms with Crippen molar-refractivity contribution in [1.29, 1.82) is 5.41 Å². The molecule has 0 spiro atoms. The van der Waals surface area contributed by atoms with E-state index in [1.807, 2.05) is 6.92 Å². The maximum absolute atomic E-state index is 12.8. The number of amidine groups is 2. The third kappa shape index (κ3) is 6.69. The predicted octanol–water partition coefficient (Wildman–Crippen LogP) is 6.14. The molecule has 0 aliphatic heterocycles. The smallest absolute Gasteiger partial charge is 0.383 e. The Morgan fingerprint density at radius 2 is 1.14 bits per heavy atom. The van der Waals surface area contributed by atoms with Crippen molar-refractivity contribution in [2.45, 2.75) is 19.3 Å². The van der Waals surface area contributed by atoms with Gasteiger partial charge < -0.3 is 10.6 Å². The van der Waals surface area contributed by atoms with Crippen LogP contribution < -0.4 is 5.73 Å². The van der Waals surface area contributed by atoms with Crippen LogP contribution in [0.1, 0.15) is 33.4 Å². The zero-order valence-corrected chi connectivity index (χ0v) is 18.1. The number of nitrogens with one attached hydrogen (secondary N) is 1. The Morgan fingerprint density at radius 1 is 0.714 bits per heavy atom. The maximum Gasteiger partial charge on any atom is 0.416 e. The molecule has 0 heterocycles. The molecule has 0 saturated carbocycles. The highest BCUT2D eigenvalue weighted by Gasteiger charge is 2.31. The Labute approximate surface area is 196 Å². The Balaban J connectivity index is 1.89. The Kier molecular flexibility index (Phi) is 7.28. The molecule has 0 unspecified atom stereocenters. The van der Waals surface area contributed by atoms with Crippen molar-refractivity contribution < 1.29 is 31.2 Å². The molecule has 0 radical (unpaired) electrons. The van der Waals surface area contributed by atoms with Gasteiger partial charge in [-0.3, -0.25) is 5.41 Å². The third-order valence-electron chi connectivity index (χ3n) is 4.74. The molecule has 3 aromatic carbocycles. The standard InChI is InChI=1S/C24H18F6N4O/c1-14-2-4-17(5-3-14)22(33-20(31)15-6-10-18(11-7-15)23(25,26)27)34-35-21(32)16-8-12-19(13-9-16)24(28,29)30/h2-13,32H,1H3,(H2,31,33,34). The van der Waals surface area contributed by atoms with Gasteiger partial charge in [0.2, 0.25) is 11.7 Å². The first-order valence-electron chi connectivity index (χ1n) is 9.94. The lowest BCUT2D eigenvalue weighted by Crippen LogP contribution is -2.17. The normalized spacial score (nSPS) is 13.0. The molecule has 0 atom stereocenters. The first-order valence-corrected chi connectivity index (χ1v) is 9.94. The van der Waals surface area contributed by atoms with Gasteiger partial charge in [0.1, 0.15) is 5.84 Å². The quantitative estimate of drug-likeness (QED) is 0.198. The summed E-state index contributed by atoms with van der Waals surface area (Å²) >= 11 is 0. The molecule has 3 rings (SSSR count). The van der Waals surface area contributed by atoms with E-state index in [-0.39, 0.29) is 22.8 Å².